The lowest BCUT2D eigenvalue weighted by atomic mass is 10.0. The Labute approximate surface area is 148 Å². The number of rotatable bonds is 2. The van der Waals surface area contributed by atoms with Crippen LogP contribution in [-0.2, 0) is 25.9 Å². The van der Waals surface area contributed by atoms with Gasteiger partial charge in [-0.1, -0.05) is 42.5 Å². The van der Waals surface area contributed by atoms with Crippen molar-refractivity contribution in [3.8, 4) is 11.1 Å². The molecule has 0 saturated heterocycles. The first kappa shape index (κ1) is 14.8. The number of benzene rings is 2. The van der Waals surface area contributed by atoms with Crippen molar-refractivity contribution in [2.45, 2.75) is 32.9 Å². The highest BCUT2D eigenvalue weighted by Gasteiger charge is 2.20. The molecule has 1 aliphatic heterocycles. The maximum absolute atomic E-state index is 4.31. The Morgan fingerprint density at radius 3 is 2.76 bits per heavy atom. The molecule has 0 amide bonds. The quantitative estimate of drug-likeness (QED) is 0.566. The fourth-order valence-corrected chi connectivity index (χ4v) is 4.23. The van der Waals surface area contributed by atoms with Crippen molar-refractivity contribution in [1.29, 1.82) is 0 Å². The Morgan fingerprint density at radius 2 is 1.80 bits per heavy atom. The Kier molecular flexibility index (Phi) is 3.45. The van der Waals surface area contributed by atoms with Gasteiger partial charge < -0.3 is 4.57 Å². The predicted molar refractivity (Wildman–Crippen MR) is 98.4 cm³/mol. The first-order valence-electron chi connectivity index (χ1n) is 9.09. The molecule has 2 aromatic carbocycles. The van der Waals surface area contributed by atoms with Gasteiger partial charge in [0.05, 0.1) is 0 Å². The summed E-state index contributed by atoms with van der Waals surface area (Å²) in [6.07, 6.45) is 2.05. The van der Waals surface area contributed by atoms with E-state index in [1.54, 1.807) is 0 Å². The minimum absolute atomic E-state index is 0.983. The van der Waals surface area contributed by atoms with E-state index in [4.69, 9.17) is 0 Å². The van der Waals surface area contributed by atoms with E-state index in [0.29, 0.717) is 0 Å². The van der Waals surface area contributed by atoms with Crippen LogP contribution in [0.3, 0.4) is 0 Å². The highest BCUT2D eigenvalue weighted by molar-refractivity contribution is 5.76. The highest BCUT2D eigenvalue weighted by atomic mass is 15.3. The van der Waals surface area contributed by atoms with E-state index in [2.05, 4.69) is 62.1 Å². The summed E-state index contributed by atoms with van der Waals surface area (Å²) in [6.45, 7) is 6.16. The maximum atomic E-state index is 4.31. The fraction of sp³-hybridized carbons (Fsp3) is 0.333. The van der Waals surface area contributed by atoms with E-state index in [9.17, 15) is 0 Å². The predicted octanol–water partition coefficient (Wildman–Crippen LogP) is 3.22. The molecule has 0 saturated carbocycles. The van der Waals surface area contributed by atoms with Gasteiger partial charge in [0.2, 0.25) is 0 Å². The van der Waals surface area contributed by atoms with E-state index in [1.165, 1.54) is 27.8 Å². The molecule has 1 aromatic heterocycles. The Hall–Kier alpha value is -2.46. The molecule has 0 unspecified atom stereocenters. The van der Waals surface area contributed by atoms with Gasteiger partial charge in [-0.2, -0.15) is 0 Å². The second-order valence-electron chi connectivity index (χ2n) is 7.17. The topological polar surface area (TPSA) is 34.0 Å². The van der Waals surface area contributed by atoms with Crippen molar-refractivity contribution in [2.75, 3.05) is 13.1 Å². The average molecular weight is 330 g/mol. The molecule has 0 spiro atoms. The van der Waals surface area contributed by atoms with Crippen LogP contribution >= 0.6 is 0 Å². The molecule has 4 nitrogen and oxygen atoms in total. The van der Waals surface area contributed by atoms with E-state index < -0.39 is 0 Å². The zero-order valence-corrected chi connectivity index (χ0v) is 14.6. The fourth-order valence-electron chi connectivity index (χ4n) is 4.23. The summed E-state index contributed by atoms with van der Waals surface area (Å²) < 4.78 is 2.26. The molecule has 4 heteroatoms. The van der Waals surface area contributed by atoms with Crippen LogP contribution < -0.4 is 0 Å². The molecule has 2 aliphatic rings. The largest absolute Gasteiger partial charge is 0.314 e. The van der Waals surface area contributed by atoms with Gasteiger partial charge in [0.15, 0.2) is 0 Å². The van der Waals surface area contributed by atoms with Crippen LogP contribution in [-0.4, -0.2) is 32.8 Å². The normalized spacial score (nSPS) is 16.2. The average Bonchev–Trinajstić information content (AvgIpc) is 3.09. The van der Waals surface area contributed by atoms with Crippen LogP contribution in [0.2, 0.25) is 0 Å². The van der Waals surface area contributed by atoms with Crippen LogP contribution in [0.4, 0.5) is 0 Å². The molecule has 1 aliphatic carbocycles. The minimum Gasteiger partial charge on any atom is -0.314 e. The minimum atomic E-state index is 0.983. The molecule has 0 atom stereocenters. The molecule has 5 rings (SSSR count). The van der Waals surface area contributed by atoms with Crippen LogP contribution in [0.1, 0.15) is 28.3 Å². The standard InChI is InChI=1S/C21H22N4/c1-15-22-23-21-8-9-24(10-11-25(15)21)14-16-6-7-20-18(12-16)13-17-4-2-3-5-19(17)20/h2-7,12H,8-11,13-14H2,1H3. The molecule has 0 radical (unpaired) electrons. The summed E-state index contributed by atoms with van der Waals surface area (Å²) >= 11 is 0. The number of aryl methyl sites for hydroxylation is 1. The van der Waals surface area contributed by atoms with Crippen LogP contribution in [0.25, 0.3) is 11.1 Å². The third kappa shape index (κ3) is 2.57. The molecule has 0 bridgehead atoms. The molecule has 25 heavy (non-hydrogen) atoms. The van der Waals surface area contributed by atoms with Crippen molar-refractivity contribution >= 4 is 0 Å². The molecular formula is C21H22N4. The zero-order valence-electron chi connectivity index (χ0n) is 14.6. The SMILES string of the molecule is Cc1nnc2n1CCN(Cc1ccc3c(c1)Cc1ccccc1-3)CC2. The van der Waals surface area contributed by atoms with Gasteiger partial charge in [-0.3, -0.25) is 4.90 Å². The number of hydrogen-bond donors (Lipinski definition) is 0. The van der Waals surface area contributed by atoms with Gasteiger partial charge in [0.1, 0.15) is 11.6 Å². The molecule has 0 fully saturated rings. The van der Waals surface area contributed by atoms with Crippen molar-refractivity contribution in [1.82, 2.24) is 19.7 Å². The van der Waals surface area contributed by atoms with Crippen LogP contribution in [0.15, 0.2) is 42.5 Å². The van der Waals surface area contributed by atoms with Gasteiger partial charge in [-0.25, -0.2) is 0 Å². The summed E-state index contributed by atoms with van der Waals surface area (Å²) in [7, 11) is 0. The number of fused-ring (bicyclic) bond motifs is 4. The number of nitrogens with zero attached hydrogens (tertiary/aromatic N) is 4. The van der Waals surface area contributed by atoms with Crippen molar-refractivity contribution in [3.05, 3.63) is 70.8 Å². The molecule has 126 valence electrons. The summed E-state index contributed by atoms with van der Waals surface area (Å²) in [4.78, 5) is 2.54. The monoisotopic (exact) mass is 330 g/mol. The van der Waals surface area contributed by atoms with Crippen LogP contribution in [0, 0.1) is 6.92 Å². The van der Waals surface area contributed by atoms with Gasteiger partial charge in [-0.05, 0) is 41.2 Å². The summed E-state index contributed by atoms with van der Waals surface area (Å²) in [5.41, 5.74) is 7.17. The molecule has 3 aromatic rings. The lowest BCUT2D eigenvalue weighted by Crippen LogP contribution is -2.26. The first-order chi connectivity index (χ1) is 12.3. The Balaban J connectivity index is 1.34. The third-order valence-electron chi connectivity index (χ3n) is 5.57. The van der Waals surface area contributed by atoms with E-state index >= 15 is 0 Å². The van der Waals surface area contributed by atoms with Crippen molar-refractivity contribution in [3.63, 3.8) is 0 Å². The Morgan fingerprint density at radius 1 is 0.920 bits per heavy atom. The molecular weight excluding hydrogens is 308 g/mol. The highest BCUT2D eigenvalue weighted by Crippen LogP contribution is 2.36. The molecule has 0 N–H and O–H groups in total. The zero-order chi connectivity index (χ0) is 16.8. The lowest BCUT2D eigenvalue weighted by molar-refractivity contribution is 0.270. The van der Waals surface area contributed by atoms with Gasteiger partial charge in [0.25, 0.3) is 0 Å². The van der Waals surface area contributed by atoms with Gasteiger partial charge >= 0.3 is 0 Å². The van der Waals surface area contributed by atoms with E-state index in [1.807, 2.05) is 6.92 Å². The third-order valence-corrected chi connectivity index (χ3v) is 5.57. The van der Waals surface area contributed by atoms with Gasteiger partial charge in [-0.15, -0.1) is 10.2 Å². The molecule has 2 heterocycles. The van der Waals surface area contributed by atoms with Crippen molar-refractivity contribution < 1.29 is 0 Å². The van der Waals surface area contributed by atoms with Crippen molar-refractivity contribution in [2.24, 2.45) is 0 Å². The second-order valence-corrected chi connectivity index (χ2v) is 7.17. The lowest BCUT2D eigenvalue weighted by Gasteiger charge is -2.20. The van der Waals surface area contributed by atoms with E-state index in [-0.39, 0.29) is 0 Å². The first-order valence-corrected chi connectivity index (χ1v) is 9.09. The van der Waals surface area contributed by atoms with E-state index in [0.717, 1.165) is 50.7 Å². The van der Waals surface area contributed by atoms with Gasteiger partial charge in [0, 0.05) is 32.6 Å². The smallest absolute Gasteiger partial charge is 0.134 e. The number of aromatic nitrogens is 3. The number of hydrogen-bond acceptors (Lipinski definition) is 3. The summed E-state index contributed by atoms with van der Waals surface area (Å²) in [5, 5.41) is 8.52. The summed E-state index contributed by atoms with van der Waals surface area (Å²) in [5.74, 6) is 2.16. The Bertz CT molecular complexity index is 941. The maximum Gasteiger partial charge on any atom is 0.134 e. The van der Waals surface area contributed by atoms with Crippen LogP contribution in [0.5, 0.6) is 0 Å². The summed E-state index contributed by atoms with van der Waals surface area (Å²) in [6, 6.07) is 15.8. The second kappa shape index (κ2) is 5.81.